The summed E-state index contributed by atoms with van der Waals surface area (Å²) in [6, 6.07) is 10.6. The molecular formula is C16H15NO4. The van der Waals surface area contributed by atoms with E-state index < -0.39 is 5.97 Å². The van der Waals surface area contributed by atoms with Crippen LogP contribution in [0, 0.1) is 0 Å². The SMILES string of the molecule is O=C(O)c1ccn(CC2OCCc3ccccc32)c(=O)c1. The summed E-state index contributed by atoms with van der Waals surface area (Å²) in [4.78, 5) is 22.8. The van der Waals surface area contributed by atoms with Crippen LogP contribution in [0.5, 0.6) is 0 Å². The average Bonchev–Trinajstić information content (AvgIpc) is 2.49. The lowest BCUT2D eigenvalue weighted by Crippen LogP contribution is -2.27. The first-order chi connectivity index (χ1) is 10.1. The van der Waals surface area contributed by atoms with Crippen LogP contribution in [0.2, 0.25) is 0 Å². The van der Waals surface area contributed by atoms with Gasteiger partial charge >= 0.3 is 5.97 Å². The number of carbonyl (C=O) groups is 1. The summed E-state index contributed by atoms with van der Waals surface area (Å²) in [5.74, 6) is -1.10. The molecule has 5 nitrogen and oxygen atoms in total. The Morgan fingerprint density at radius 2 is 2.14 bits per heavy atom. The molecule has 1 atom stereocenters. The van der Waals surface area contributed by atoms with Gasteiger partial charge in [-0.15, -0.1) is 0 Å². The van der Waals surface area contributed by atoms with Gasteiger partial charge in [0.2, 0.25) is 0 Å². The van der Waals surface area contributed by atoms with Crippen molar-refractivity contribution in [3.05, 3.63) is 69.6 Å². The van der Waals surface area contributed by atoms with E-state index in [0.717, 1.165) is 18.1 Å². The molecule has 1 aromatic heterocycles. The van der Waals surface area contributed by atoms with Crippen LogP contribution in [-0.4, -0.2) is 22.2 Å². The molecule has 1 aliphatic heterocycles. The third-order valence-corrected chi connectivity index (χ3v) is 3.70. The number of aromatic nitrogens is 1. The molecular weight excluding hydrogens is 270 g/mol. The second-order valence-electron chi connectivity index (χ2n) is 5.02. The lowest BCUT2D eigenvalue weighted by molar-refractivity contribution is 0.0299. The standard InChI is InChI=1S/C16H15NO4/c18-15-9-12(16(19)20)5-7-17(15)10-14-13-4-2-1-3-11(13)6-8-21-14/h1-5,7,9,14H,6,8,10H2,(H,19,20). The molecule has 0 aliphatic carbocycles. The van der Waals surface area contributed by atoms with Crippen molar-refractivity contribution in [2.24, 2.45) is 0 Å². The summed E-state index contributed by atoms with van der Waals surface area (Å²) >= 11 is 0. The number of fused-ring (bicyclic) bond motifs is 1. The molecule has 0 radical (unpaired) electrons. The van der Waals surface area contributed by atoms with Crippen molar-refractivity contribution in [2.75, 3.05) is 6.61 Å². The molecule has 5 heteroatoms. The van der Waals surface area contributed by atoms with Crippen LogP contribution in [0.3, 0.4) is 0 Å². The number of hydrogen-bond acceptors (Lipinski definition) is 3. The fourth-order valence-electron chi connectivity index (χ4n) is 2.60. The van der Waals surface area contributed by atoms with Crippen molar-refractivity contribution in [3.63, 3.8) is 0 Å². The molecule has 3 rings (SSSR count). The minimum atomic E-state index is -1.10. The third kappa shape index (κ3) is 2.73. The van der Waals surface area contributed by atoms with E-state index in [9.17, 15) is 9.59 Å². The summed E-state index contributed by atoms with van der Waals surface area (Å²) in [6.07, 6.45) is 2.20. The summed E-state index contributed by atoms with van der Waals surface area (Å²) in [5.41, 5.74) is 2.00. The normalized spacial score (nSPS) is 17.2. The first-order valence-electron chi connectivity index (χ1n) is 6.78. The van der Waals surface area contributed by atoms with Crippen LogP contribution < -0.4 is 5.56 Å². The van der Waals surface area contributed by atoms with Crippen LogP contribution in [0.1, 0.15) is 27.6 Å². The highest BCUT2D eigenvalue weighted by atomic mass is 16.5. The Kier molecular flexibility index (Phi) is 3.58. The minimum Gasteiger partial charge on any atom is -0.478 e. The molecule has 1 aromatic carbocycles. The third-order valence-electron chi connectivity index (χ3n) is 3.70. The molecule has 0 saturated heterocycles. The van der Waals surface area contributed by atoms with Gasteiger partial charge in [0.25, 0.3) is 5.56 Å². The van der Waals surface area contributed by atoms with E-state index in [4.69, 9.17) is 9.84 Å². The number of carboxylic acids is 1. The number of ether oxygens (including phenoxy) is 1. The largest absolute Gasteiger partial charge is 0.478 e. The van der Waals surface area contributed by atoms with Gasteiger partial charge in [0, 0.05) is 12.3 Å². The van der Waals surface area contributed by atoms with Gasteiger partial charge < -0.3 is 14.4 Å². The topological polar surface area (TPSA) is 68.5 Å². The van der Waals surface area contributed by atoms with Crippen molar-refractivity contribution in [2.45, 2.75) is 19.1 Å². The van der Waals surface area contributed by atoms with Crippen molar-refractivity contribution < 1.29 is 14.6 Å². The first-order valence-corrected chi connectivity index (χ1v) is 6.78. The Hall–Kier alpha value is -2.40. The molecule has 0 saturated carbocycles. The molecule has 0 bridgehead atoms. The van der Waals surface area contributed by atoms with Gasteiger partial charge in [0.1, 0.15) is 6.10 Å². The zero-order chi connectivity index (χ0) is 14.8. The van der Waals surface area contributed by atoms with Crippen LogP contribution >= 0.6 is 0 Å². The lowest BCUT2D eigenvalue weighted by Gasteiger charge is -2.26. The molecule has 0 spiro atoms. The fraction of sp³-hybridized carbons (Fsp3) is 0.250. The predicted molar refractivity (Wildman–Crippen MR) is 76.5 cm³/mol. The first kappa shape index (κ1) is 13.6. The Balaban J connectivity index is 1.88. The van der Waals surface area contributed by atoms with E-state index in [1.807, 2.05) is 18.2 Å². The van der Waals surface area contributed by atoms with Crippen molar-refractivity contribution in [1.29, 1.82) is 0 Å². The molecule has 2 aromatic rings. The Labute approximate surface area is 121 Å². The Morgan fingerprint density at radius 1 is 1.33 bits per heavy atom. The zero-order valence-electron chi connectivity index (χ0n) is 11.4. The zero-order valence-corrected chi connectivity index (χ0v) is 11.4. The molecule has 1 aliphatic rings. The number of carboxylic acid groups (broad SMARTS) is 1. The molecule has 108 valence electrons. The maximum Gasteiger partial charge on any atom is 0.335 e. The monoisotopic (exact) mass is 285 g/mol. The van der Waals surface area contributed by atoms with Gasteiger partial charge in [0.05, 0.1) is 18.7 Å². The summed E-state index contributed by atoms with van der Waals surface area (Å²) in [5, 5.41) is 8.88. The Bertz CT molecular complexity index is 735. The fourth-order valence-corrected chi connectivity index (χ4v) is 2.60. The summed E-state index contributed by atoms with van der Waals surface area (Å²) < 4.78 is 7.25. The van der Waals surface area contributed by atoms with Crippen LogP contribution in [-0.2, 0) is 17.7 Å². The average molecular weight is 285 g/mol. The number of benzene rings is 1. The van der Waals surface area contributed by atoms with Gasteiger partial charge in [-0.2, -0.15) is 0 Å². The second kappa shape index (κ2) is 5.54. The van der Waals surface area contributed by atoms with E-state index in [1.165, 1.54) is 22.4 Å². The molecule has 0 amide bonds. The van der Waals surface area contributed by atoms with Crippen molar-refractivity contribution in [1.82, 2.24) is 4.57 Å². The van der Waals surface area contributed by atoms with Gasteiger partial charge in [0.15, 0.2) is 0 Å². The molecule has 1 unspecified atom stereocenters. The van der Waals surface area contributed by atoms with E-state index in [1.54, 1.807) is 0 Å². The van der Waals surface area contributed by atoms with Crippen LogP contribution in [0.25, 0.3) is 0 Å². The van der Waals surface area contributed by atoms with Crippen LogP contribution in [0.4, 0.5) is 0 Å². The molecule has 2 heterocycles. The van der Waals surface area contributed by atoms with E-state index in [2.05, 4.69) is 6.07 Å². The van der Waals surface area contributed by atoms with Gasteiger partial charge in [-0.1, -0.05) is 24.3 Å². The number of rotatable bonds is 3. The van der Waals surface area contributed by atoms with Crippen LogP contribution in [0.15, 0.2) is 47.4 Å². The number of hydrogen-bond donors (Lipinski definition) is 1. The molecule has 1 N–H and O–H groups in total. The predicted octanol–water partition coefficient (Wildman–Crippen LogP) is 1.86. The van der Waals surface area contributed by atoms with E-state index >= 15 is 0 Å². The maximum absolute atomic E-state index is 12.0. The lowest BCUT2D eigenvalue weighted by atomic mass is 9.97. The van der Waals surface area contributed by atoms with E-state index in [0.29, 0.717) is 13.2 Å². The summed E-state index contributed by atoms with van der Waals surface area (Å²) in [7, 11) is 0. The highest BCUT2D eigenvalue weighted by molar-refractivity contribution is 5.87. The highest BCUT2D eigenvalue weighted by Gasteiger charge is 2.21. The number of pyridine rings is 1. The minimum absolute atomic E-state index is 0.00112. The van der Waals surface area contributed by atoms with Gasteiger partial charge in [-0.05, 0) is 23.6 Å². The van der Waals surface area contributed by atoms with Gasteiger partial charge in [-0.25, -0.2) is 4.79 Å². The molecule has 0 fully saturated rings. The maximum atomic E-state index is 12.0. The second-order valence-corrected chi connectivity index (χ2v) is 5.02. The molecule has 21 heavy (non-hydrogen) atoms. The Morgan fingerprint density at radius 3 is 2.90 bits per heavy atom. The number of aromatic carboxylic acids is 1. The van der Waals surface area contributed by atoms with Crippen molar-refractivity contribution in [3.8, 4) is 0 Å². The van der Waals surface area contributed by atoms with Crippen molar-refractivity contribution >= 4 is 5.97 Å². The smallest absolute Gasteiger partial charge is 0.335 e. The van der Waals surface area contributed by atoms with Gasteiger partial charge in [-0.3, -0.25) is 4.79 Å². The number of nitrogens with zero attached hydrogens (tertiary/aromatic N) is 1. The van der Waals surface area contributed by atoms with E-state index in [-0.39, 0.29) is 17.2 Å². The summed E-state index contributed by atoms with van der Waals surface area (Å²) in [6.45, 7) is 1.01. The highest BCUT2D eigenvalue weighted by Crippen LogP contribution is 2.27. The quantitative estimate of drug-likeness (QED) is 0.934.